The smallest absolute Gasteiger partial charge is 0.326 e. The summed E-state index contributed by atoms with van der Waals surface area (Å²) in [6.07, 6.45) is 2.23. The second-order valence-corrected chi connectivity index (χ2v) is 7.50. The third-order valence-corrected chi connectivity index (χ3v) is 4.93. The molecule has 1 aromatic rings. The lowest BCUT2D eigenvalue weighted by Gasteiger charge is -2.27. The Labute approximate surface area is 189 Å². The molecule has 33 heavy (non-hydrogen) atoms. The van der Waals surface area contributed by atoms with Crippen LogP contribution in [0.4, 0.5) is 0 Å². The molecule has 0 saturated carbocycles. The van der Waals surface area contributed by atoms with Crippen molar-refractivity contribution in [2.75, 3.05) is 6.61 Å². The van der Waals surface area contributed by atoms with Gasteiger partial charge in [-0.2, -0.15) is 0 Å². The number of aliphatic carboxylic acids is 2. The minimum Gasteiger partial charge on any atom is -0.481 e. The summed E-state index contributed by atoms with van der Waals surface area (Å²) < 4.78 is 0. The lowest BCUT2D eigenvalue weighted by Crippen LogP contribution is -2.59. The molecule has 9 N–H and O–H groups in total. The van der Waals surface area contributed by atoms with Crippen LogP contribution in [-0.4, -0.2) is 85.7 Å². The normalized spacial score (nSPS) is 15.4. The number of rotatable bonds is 14. The first-order valence-electron chi connectivity index (χ1n) is 10.2. The highest BCUT2D eigenvalue weighted by Crippen LogP contribution is 2.10. The predicted octanol–water partition coefficient (Wildman–Crippen LogP) is -2.67. The fourth-order valence-corrected chi connectivity index (χ4v) is 2.78. The minimum absolute atomic E-state index is 0.117. The molecule has 0 aromatic carbocycles. The van der Waals surface area contributed by atoms with Crippen molar-refractivity contribution in [3.05, 3.63) is 18.2 Å². The van der Waals surface area contributed by atoms with Crippen LogP contribution < -0.4 is 21.7 Å². The summed E-state index contributed by atoms with van der Waals surface area (Å²) >= 11 is 0. The molecule has 184 valence electrons. The summed E-state index contributed by atoms with van der Waals surface area (Å²) in [7, 11) is 0. The van der Waals surface area contributed by atoms with Crippen LogP contribution in [0.15, 0.2) is 12.5 Å². The Morgan fingerprint density at radius 2 is 1.70 bits per heavy atom. The van der Waals surface area contributed by atoms with Crippen molar-refractivity contribution in [2.45, 2.75) is 57.3 Å². The Morgan fingerprint density at radius 3 is 2.18 bits per heavy atom. The maximum Gasteiger partial charge on any atom is 0.326 e. The number of carboxylic acid groups (broad SMARTS) is 2. The van der Waals surface area contributed by atoms with Gasteiger partial charge in [-0.1, -0.05) is 20.3 Å². The number of carboxylic acids is 2. The highest BCUT2D eigenvalue weighted by Gasteiger charge is 2.33. The number of carbonyl (C=O) groups excluding carboxylic acids is 3. The summed E-state index contributed by atoms with van der Waals surface area (Å²) in [5.41, 5.74) is 5.93. The number of imidazole rings is 1. The molecule has 1 aromatic heterocycles. The molecule has 0 fully saturated rings. The second-order valence-electron chi connectivity index (χ2n) is 7.50. The molecule has 1 heterocycles. The monoisotopic (exact) mass is 470 g/mol. The third kappa shape index (κ3) is 8.86. The van der Waals surface area contributed by atoms with Gasteiger partial charge in [0.15, 0.2) is 0 Å². The number of hydrogen-bond acceptors (Lipinski definition) is 8. The van der Waals surface area contributed by atoms with E-state index in [4.69, 9.17) is 15.9 Å². The number of aliphatic hydroxyl groups is 1. The van der Waals surface area contributed by atoms with Gasteiger partial charge in [0.2, 0.25) is 17.7 Å². The number of nitrogens with zero attached hydrogens (tertiary/aromatic N) is 1. The van der Waals surface area contributed by atoms with Gasteiger partial charge in [0.25, 0.3) is 0 Å². The van der Waals surface area contributed by atoms with E-state index >= 15 is 0 Å². The maximum atomic E-state index is 13.0. The van der Waals surface area contributed by atoms with Crippen LogP contribution in [0.1, 0.15) is 32.4 Å². The maximum absolute atomic E-state index is 13.0. The van der Waals surface area contributed by atoms with Crippen molar-refractivity contribution in [2.24, 2.45) is 11.7 Å². The number of H-pyrrole nitrogens is 1. The number of nitrogens with two attached hydrogens (primary N) is 1. The quantitative estimate of drug-likeness (QED) is 0.140. The molecule has 3 amide bonds. The van der Waals surface area contributed by atoms with E-state index < -0.39 is 66.9 Å². The van der Waals surface area contributed by atoms with E-state index in [1.165, 1.54) is 12.5 Å². The largest absolute Gasteiger partial charge is 0.481 e. The number of aromatic nitrogens is 2. The fraction of sp³-hybridized carbons (Fsp3) is 0.579. The summed E-state index contributed by atoms with van der Waals surface area (Å²) in [6, 6.07) is -5.39. The van der Waals surface area contributed by atoms with Gasteiger partial charge >= 0.3 is 11.9 Å². The topological polar surface area (TPSA) is 237 Å². The number of amides is 3. The van der Waals surface area contributed by atoms with Crippen LogP contribution in [0.3, 0.4) is 0 Å². The molecule has 5 atom stereocenters. The van der Waals surface area contributed by atoms with Crippen molar-refractivity contribution in [3.63, 3.8) is 0 Å². The summed E-state index contributed by atoms with van der Waals surface area (Å²) in [5, 5.41) is 34.2. The van der Waals surface area contributed by atoms with Gasteiger partial charge in [-0.3, -0.25) is 19.2 Å². The van der Waals surface area contributed by atoms with Gasteiger partial charge in [0, 0.05) is 18.3 Å². The highest BCUT2D eigenvalue weighted by molar-refractivity contribution is 5.94. The summed E-state index contributed by atoms with van der Waals surface area (Å²) in [6.45, 7) is 2.83. The van der Waals surface area contributed by atoms with Gasteiger partial charge in [-0.15, -0.1) is 0 Å². The Bertz CT molecular complexity index is 830. The first-order chi connectivity index (χ1) is 15.5. The molecule has 0 aliphatic carbocycles. The number of hydrogen-bond donors (Lipinski definition) is 8. The number of nitrogens with one attached hydrogen (secondary N) is 4. The molecule has 14 nitrogen and oxygen atoms in total. The Morgan fingerprint density at radius 1 is 1.06 bits per heavy atom. The van der Waals surface area contributed by atoms with Gasteiger partial charge in [-0.05, 0) is 5.92 Å². The zero-order chi connectivity index (χ0) is 25.1. The zero-order valence-electron chi connectivity index (χ0n) is 18.3. The number of aliphatic hydroxyl groups excluding tert-OH is 1. The van der Waals surface area contributed by atoms with Crippen molar-refractivity contribution in [3.8, 4) is 0 Å². The van der Waals surface area contributed by atoms with Crippen LogP contribution in [0, 0.1) is 5.92 Å². The van der Waals surface area contributed by atoms with Crippen LogP contribution in [-0.2, 0) is 30.4 Å². The highest BCUT2D eigenvalue weighted by atomic mass is 16.4. The van der Waals surface area contributed by atoms with E-state index in [0.717, 1.165) is 0 Å². The van der Waals surface area contributed by atoms with Gasteiger partial charge in [-0.25, -0.2) is 9.78 Å². The fourth-order valence-electron chi connectivity index (χ4n) is 2.78. The molecule has 1 rings (SSSR count). The van der Waals surface area contributed by atoms with Crippen LogP contribution in [0.25, 0.3) is 0 Å². The first-order valence-corrected chi connectivity index (χ1v) is 10.2. The molecule has 0 radical (unpaired) electrons. The Kier molecular flexibility index (Phi) is 10.9. The molecule has 14 heteroatoms. The van der Waals surface area contributed by atoms with Gasteiger partial charge < -0.3 is 42.0 Å². The lowest BCUT2D eigenvalue weighted by molar-refractivity contribution is -0.147. The van der Waals surface area contributed by atoms with E-state index in [2.05, 4.69) is 25.9 Å². The van der Waals surface area contributed by atoms with E-state index in [1.807, 2.05) is 0 Å². The number of carbonyl (C=O) groups is 5. The molecular formula is C19H30N6O8. The van der Waals surface area contributed by atoms with Gasteiger partial charge in [0.1, 0.15) is 24.2 Å². The molecule has 0 bridgehead atoms. The molecular weight excluding hydrogens is 440 g/mol. The minimum atomic E-state index is -1.72. The van der Waals surface area contributed by atoms with E-state index in [-0.39, 0.29) is 12.3 Å². The zero-order valence-corrected chi connectivity index (χ0v) is 18.3. The Balaban J connectivity index is 3.09. The molecule has 0 spiro atoms. The first kappa shape index (κ1) is 27.5. The SMILES string of the molecule is CCC(C)C(NC(=O)C(N)CO)C(=O)NC(Cc1cnc[nH]1)C(=O)NC(CC(=O)O)C(=O)O. The van der Waals surface area contributed by atoms with E-state index in [1.54, 1.807) is 13.8 Å². The van der Waals surface area contributed by atoms with E-state index in [9.17, 15) is 29.1 Å². The molecule has 0 aliphatic rings. The average molecular weight is 470 g/mol. The standard InChI is InChI=1S/C19H30N6O8/c1-3-9(2)15(25-16(29)11(20)7-26)18(31)23-12(4-10-6-21-8-22-10)17(30)24-13(19(32)33)5-14(27)28/h6,8-9,11-13,15,26H,3-5,7,20H2,1-2H3,(H,21,22)(H,23,31)(H,24,30)(H,25,29)(H,27,28)(H,32,33). The third-order valence-electron chi connectivity index (χ3n) is 4.93. The van der Waals surface area contributed by atoms with Crippen LogP contribution >= 0.6 is 0 Å². The van der Waals surface area contributed by atoms with Crippen molar-refractivity contribution in [1.29, 1.82) is 0 Å². The average Bonchev–Trinajstić information content (AvgIpc) is 3.27. The van der Waals surface area contributed by atoms with Crippen molar-refractivity contribution >= 4 is 29.7 Å². The summed E-state index contributed by atoms with van der Waals surface area (Å²) in [5.74, 6) is -5.81. The van der Waals surface area contributed by atoms with Crippen molar-refractivity contribution < 1.29 is 39.3 Å². The van der Waals surface area contributed by atoms with Crippen molar-refractivity contribution in [1.82, 2.24) is 25.9 Å². The number of aromatic amines is 1. The van der Waals surface area contributed by atoms with Gasteiger partial charge in [0.05, 0.1) is 19.4 Å². The molecule has 0 aliphatic heterocycles. The van der Waals surface area contributed by atoms with Crippen LogP contribution in [0.5, 0.6) is 0 Å². The molecule has 0 saturated heterocycles. The molecule has 5 unspecified atom stereocenters. The lowest BCUT2D eigenvalue weighted by atomic mass is 9.97. The van der Waals surface area contributed by atoms with Crippen LogP contribution in [0.2, 0.25) is 0 Å². The predicted molar refractivity (Wildman–Crippen MR) is 112 cm³/mol. The second kappa shape index (κ2) is 13.1. The Hall–Kier alpha value is -3.52. The van der Waals surface area contributed by atoms with E-state index in [0.29, 0.717) is 12.1 Å². The summed E-state index contributed by atoms with van der Waals surface area (Å²) in [4.78, 5) is 66.7.